The molecule has 0 saturated carbocycles. The lowest BCUT2D eigenvalue weighted by atomic mass is 9.88. The zero-order chi connectivity index (χ0) is 29.2. The molecule has 0 heterocycles. The van der Waals surface area contributed by atoms with Crippen molar-refractivity contribution in [2.75, 3.05) is 20.8 Å². The Labute approximate surface area is 242 Å². The summed E-state index contributed by atoms with van der Waals surface area (Å²) in [6.45, 7) is 3.77. The number of amides is 1. The number of benzene rings is 4. The summed E-state index contributed by atoms with van der Waals surface area (Å²) in [6.07, 6.45) is 2.06. The molecule has 0 fully saturated rings. The van der Waals surface area contributed by atoms with Gasteiger partial charge in [-0.15, -0.1) is 0 Å². The van der Waals surface area contributed by atoms with Crippen LogP contribution in [-0.2, 0) is 12.8 Å². The van der Waals surface area contributed by atoms with Crippen molar-refractivity contribution in [3.05, 3.63) is 126 Å². The van der Waals surface area contributed by atoms with Crippen LogP contribution < -0.4 is 20.5 Å². The van der Waals surface area contributed by atoms with E-state index < -0.39 is 0 Å². The Balaban J connectivity index is 1.53. The van der Waals surface area contributed by atoms with Crippen LogP contribution in [0.1, 0.15) is 33.5 Å². The van der Waals surface area contributed by atoms with Gasteiger partial charge in [-0.2, -0.15) is 0 Å². The van der Waals surface area contributed by atoms with Gasteiger partial charge in [-0.25, -0.2) is 0 Å². The highest BCUT2D eigenvalue weighted by Gasteiger charge is 2.24. The number of nitrogens with one attached hydrogen (secondary N) is 1. The van der Waals surface area contributed by atoms with E-state index in [2.05, 4.69) is 24.0 Å². The Bertz CT molecular complexity index is 1450. The van der Waals surface area contributed by atoms with Gasteiger partial charge in [0.05, 0.1) is 14.2 Å². The maximum Gasteiger partial charge on any atom is 0.251 e. The van der Waals surface area contributed by atoms with Crippen molar-refractivity contribution >= 4 is 11.6 Å². The lowest BCUT2D eigenvalue weighted by molar-refractivity contribution is 0.0898. The summed E-state index contributed by atoms with van der Waals surface area (Å²) in [6, 6.07) is 31.0. The van der Waals surface area contributed by atoms with Crippen LogP contribution in [0.2, 0.25) is 0 Å². The minimum Gasteiger partial charge on any atom is -0.493 e. The fourth-order valence-electron chi connectivity index (χ4n) is 5.01. The first kappa shape index (κ1) is 29.4. The molecule has 6 nitrogen and oxygen atoms in total. The van der Waals surface area contributed by atoms with E-state index in [1.54, 1.807) is 14.2 Å². The minimum atomic E-state index is -0.247. The average molecular weight is 551 g/mol. The maximum absolute atomic E-state index is 13.5. The van der Waals surface area contributed by atoms with E-state index in [0.717, 1.165) is 28.7 Å². The summed E-state index contributed by atoms with van der Waals surface area (Å²) in [5, 5.41) is 13.7. The summed E-state index contributed by atoms with van der Waals surface area (Å²) < 4.78 is 10.8. The zero-order valence-electron chi connectivity index (χ0n) is 23.7. The van der Waals surface area contributed by atoms with Crippen molar-refractivity contribution in [3.8, 4) is 22.6 Å². The van der Waals surface area contributed by atoms with Crippen LogP contribution in [0.5, 0.6) is 11.5 Å². The number of hydrogen-bond donors (Lipinski definition) is 3. The number of methoxy groups -OCH3 is 2. The van der Waals surface area contributed by atoms with Gasteiger partial charge < -0.3 is 25.6 Å². The normalized spacial score (nSPS) is 12.3. The molecule has 0 aromatic heterocycles. The van der Waals surface area contributed by atoms with Crippen LogP contribution in [-0.4, -0.2) is 37.9 Å². The predicted molar refractivity (Wildman–Crippen MR) is 165 cm³/mol. The van der Waals surface area contributed by atoms with Crippen molar-refractivity contribution in [3.63, 3.8) is 0 Å². The first-order valence-corrected chi connectivity index (χ1v) is 13.7. The van der Waals surface area contributed by atoms with Crippen LogP contribution >= 0.6 is 0 Å². The van der Waals surface area contributed by atoms with Crippen molar-refractivity contribution < 1.29 is 19.4 Å². The Morgan fingerprint density at radius 3 is 2.17 bits per heavy atom. The number of hydrogen-bond acceptors (Lipinski definition) is 5. The smallest absolute Gasteiger partial charge is 0.251 e. The second kappa shape index (κ2) is 14.2. The fraction of sp³-hybridized carbons (Fsp3) is 0.229. The quantitative estimate of drug-likeness (QED) is 0.193. The first-order valence-electron chi connectivity index (χ1n) is 13.7. The first-order chi connectivity index (χ1) is 19.9. The molecule has 0 saturated heterocycles. The Hall–Kier alpha value is -4.55. The van der Waals surface area contributed by atoms with Gasteiger partial charge >= 0.3 is 0 Å². The van der Waals surface area contributed by atoms with Gasteiger partial charge in [-0.1, -0.05) is 73.3 Å². The highest BCUT2D eigenvalue weighted by molar-refractivity contribution is 5.95. The van der Waals surface area contributed by atoms with E-state index in [0.29, 0.717) is 35.6 Å². The number of aryl methyl sites for hydroxylation is 1. The Morgan fingerprint density at radius 1 is 0.829 bits per heavy atom. The number of aliphatic hydroxyl groups is 1. The third kappa shape index (κ3) is 7.77. The lowest BCUT2D eigenvalue weighted by Crippen LogP contribution is -2.43. The van der Waals surface area contributed by atoms with Gasteiger partial charge in [0.15, 0.2) is 11.5 Å². The zero-order valence-corrected chi connectivity index (χ0v) is 23.7. The molecule has 2 atom stereocenters. The van der Waals surface area contributed by atoms with Crippen LogP contribution in [0.15, 0.2) is 104 Å². The number of aliphatic hydroxyl groups excluding tert-OH is 1. The second-order valence-corrected chi connectivity index (χ2v) is 10.1. The van der Waals surface area contributed by atoms with Gasteiger partial charge in [0.25, 0.3) is 5.91 Å². The average Bonchev–Trinajstić information content (AvgIpc) is 3.02. The molecule has 0 bridgehead atoms. The van der Waals surface area contributed by atoms with Gasteiger partial charge in [-0.05, 0) is 77.4 Å². The summed E-state index contributed by atoms with van der Waals surface area (Å²) in [5.41, 5.74) is 12.0. The number of carbonyl (C=O) groups excluding carboxylic acids is 1. The largest absolute Gasteiger partial charge is 0.493 e. The fourth-order valence-corrected chi connectivity index (χ4v) is 5.01. The number of nitrogens with two attached hydrogens (primary N) is 1. The van der Waals surface area contributed by atoms with E-state index in [4.69, 9.17) is 15.2 Å². The number of carbonyl (C=O) groups is 1. The molecule has 1 amide bonds. The molecule has 0 aliphatic heterocycles. The molecule has 4 N–H and O–H groups in total. The van der Waals surface area contributed by atoms with Crippen molar-refractivity contribution in [1.82, 2.24) is 5.32 Å². The molecule has 6 heteroatoms. The highest BCUT2D eigenvalue weighted by Crippen LogP contribution is 2.32. The van der Waals surface area contributed by atoms with E-state index in [1.807, 2.05) is 84.9 Å². The maximum atomic E-state index is 13.5. The lowest BCUT2D eigenvalue weighted by Gasteiger charge is -2.27. The molecule has 212 valence electrons. The van der Waals surface area contributed by atoms with E-state index >= 15 is 0 Å². The number of rotatable bonds is 13. The SMILES string of the molecule is C=C(N)c1cccc(CC(CO)C(CCc2ccccc2)NC(=O)c2ccc(-c3ccc(OC)c(OC)c3)cc2)c1. The van der Waals surface area contributed by atoms with E-state index in [-0.39, 0.29) is 24.5 Å². The van der Waals surface area contributed by atoms with Crippen molar-refractivity contribution in [2.45, 2.75) is 25.3 Å². The van der Waals surface area contributed by atoms with Gasteiger partial charge in [0.1, 0.15) is 0 Å². The summed E-state index contributed by atoms with van der Waals surface area (Å²) >= 11 is 0. The van der Waals surface area contributed by atoms with Crippen LogP contribution in [0.25, 0.3) is 16.8 Å². The molecular formula is C35H38N2O4. The molecule has 2 unspecified atom stereocenters. The molecule has 4 rings (SSSR count). The van der Waals surface area contributed by atoms with Crippen molar-refractivity contribution in [1.29, 1.82) is 0 Å². The third-order valence-corrected chi connectivity index (χ3v) is 7.37. The van der Waals surface area contributed by atoms with Crippen LogP contribution in [0.4, 0.5) is 0 Å². The van der Waals surface area contributed by atoms with Crippen LogP contribution in [0, 0.1) is 5.92 Å². The standard InChI is InChI=1S/C35H38N2O4/c1-24(36)29-11-7-10-26(20-29)21-31(23-38)32(18-12-25-8-5-4-6-9-25)37-35(39)28-15-13-27(14-16-28)30-17-19-33(40-2)34(22-30)41-3/h4-11,13-17,19-20,22,31-32,38H,1,12,18,21,23,36H2,2-3H3,(H,37,39). The monoisotopic (exact) mass is 550 g/mol. The Kier molecular flexibility index (Phi) is 10.2. The molecule has 0 aliphatic carbocycles. The van der Waals surface area contributed by atoms with Crippen molar-refractivity contribution in [2.24, 2.45) is 11.7 Å². The summed E-state index contributed by atoms with van der Waals surface area (Å²) in [7, 11) is 3.21. The van der Waals surface area contributed by atoms with Gasteiger partial charge in [0.2, 0.25) is 0 Å². The molecule has 0 spiro atoms. The molecule has 4 aromatic carbocycles. The third-order valence-electron chi connectivity index (χ3n) is 7.37. The number of ether oxygens (including phenoxy) is 2. The molecule has 4 aromatic rings. The van der Waals surface area contributed by atoms with E-state index in [9.17, 15) is 9.90 Å². The molecule has 41 heavy (non-hydrogen) atoms. The van der Waals surface area contributed by atoms with Crippen LogP contribution in [0.3, 0.4) is 0 Å². The second-order valence-electron chi connectivity index (χ2n) is 10.1. The van der Waals surface area contributed by atoms with Gasteiger partial charge in [-0.3, -0.25) is 4.79 Å². The molecular weight excluding hydrogens is 512 g/mol. The summed E-state index contributed by atoms with van der Waals surface area (Å²) in [4.78, 5) is 13.5. The predicted octanol–water partition coefficient (Wildman–Crippen LogP) is 5.88. The minimum absolute atomic E-state index is 0.0637. The summed E-state index contributed by atoms with van der Waals surface area (Å²) in [5.74, 6) is 0.941. The highest BCUT2D eigenvalue weighted by atomic mass is 16.5. The molecule has 0 radical (unpaired) electrons. The van der Waals surface area contributed by atoms with Gasteiger partial charge in [0, 0.05) is 29.8 Å². The Morgan fingerprint density at radius 2 is 1.51 bits per heavy atom. The van der Waals surface area contributed by atoms with E-state index in [1.165, 1.54) is 5.56 Å². The topological polar surface area (TPSA) is 93.8 Å². The molecule has 0 aliphatic rings.